The number of hydrogen-bond acceptors (Lipinski definition) is 3. The van der Waals surface area contributed by atoms with Crippen LogP contribution < -0.4 is 0 Å². The Labute approximate surface area is 182 Å². The van der Waals surface area contributed by atoms with Gasteiger partial charge in [0.15, 0.2) is 0 Å². The van der Waals surface area contributed by atoms with Gasteiger partial charge in [-0.3, -0.25) is 5.10 Å². The molecule has 1 N–H and O–H groups in total. The molecule has 0 radical (unpaired) electrons. The van der Waals surface area contributed by atoms with Gasteiger partial charge in [0.1, 0.15) is 0 Å². The molecule has 160 valence electrons. The van der Waals surface area contributed by atoms with Crippen LogP contribution in [-0.2, 0) is 16.6 Å². The van der Waals surface area contributed by atoms with E-state index in [0.29, 0.717) is 11.4 Å². The standard InChI is InChI=1S/C24H26N4O2S/c1-17-4-3-5-23(10-17)31(29,30)28-16-19(11-18(28)2)15-27-9-8-21-12-20(6-7-24(21)27)22-13-25-26-14-22/h3-10,12-14,18-19H,11,15-16H2,1-2H3,(H,25,26)/t18-,19?/m0/s1. The third-order valence-electron chi connectivity index (χ3n) is 6.26. The largest absolute Gasteiger partial charge is 0.347 e. The van der Waals surface area contributed by atoms with E-state index < -0.39 is 10.0 Å². The van der Waals surface area contributed by atoms with Crippen molar-refractivity contribution in [1.82, 2.24) is 19.1 Å². The van der Waals surface area contributed by atoms with Gasteiger partial charge in [0.05, 0.1) is 11.1 Å². The molecular formula is C24H26N4O2S. The van der Waals surface area contributed by atoms with Crippen LogP contribution >= 0.6 is 0 Å². The van der Waals surface area contributed by atoms with Crippen molar-refractivity contribution in [2.75, 3.05) is 6.54 Å². The molecule has 3 heterocycles. The second-order valence-electron chi connectivity index (χ2n) is 8.57. The molecule has 2 aromatic heterocycles. The van der Waals surface area contributed by atoms with Crippen LogP contribution in [-0.4, -0.2) is 40.1 Å². The number of H-pyrrole nitrogens is 1. The highest BCUT2D eigenvalue weighted by molar-refractivity contribution is 7.89. The highest BCUT2D eigenvalue weighted by Gasteiger charge is 2.38. The van der Waals surface area contributed by atoms with E-state index in [9.17, 15) is 8.42 Å². The minimum atomic E-state index is -3.48. The smallest absolute Gasteiger partial charge is 0.243 e. The van der Waals surface area contributed by atoms with Crippen LogP contribution in [0.25, 0.3) is 22.0 Å². The van der Waals surface area contributed by atoms with E-state index in [1.807, 2.05) is 38.4 Å². The first-order chi connectivity index (χ1) is 14.9. The lowest BCUT2D eigenvalue weighted by molar-refractivity contribution is 0.399. The molecule has 6 nitrogen and oxygen atoms in total. The first-order valence-electron chi connectivity index (χ1n) is 10.6. The van der Waals surface area contributed by atoms with Crippen molar-refractivity contribution in [3.63, 3.8) is 0 Å². The van der Waals surface area contributed by atoms with Gasteiger partial charge >= 0.3 is 0 Å². The molecule has 1 saturated heterocycles. The lowest BCUT2D eigenvalue weighted by atomic mass is 10.1. The van der Waals surface area contributed by atoms with Gasteiger partial charge < -0.3 is 4.57 Å². The molecule has 5 rings (SSSR count). The second-order valence-corrected chi connectivity index (χ2v) is 10.5. The summed E-state index contributed by atoms with van der Waals surface area (Å²) in [5, 5.41) is 8.06. The van der Waals surface area contributed by atoms with E-state index in [2.05, 4.69) is 45.2 Å². The first-order valence-corrected chi connectivity index (χ1v) is 12.0. The zero-order chi connectivity index (χ0) is 21.6. The van der Waals surface area contributed by atoms with E-state index in [-0.39, 0.29) is 12.0 Å². The molecular weight excluding hydrogens is 408 g/mol. The molecule has 0 amide bonds. The van der Waals surface area contributed by atoms with Gasteiger partial charge in [0.25, 0.3) is 0 Å². The fourth-order valence-electron chi connectivity index (χ4n) is 4.71. The maximum absolute atomic E-state index is 13.2. The summed E-state index contributed by atoms with van der Waals surface area (Å²) in [5.41, 5.74) is 4.32. The molecule has 1 fully saturated rings. The second kappa shape index (κ2) is 7.66. The monoisotopic (exact) mass is 434 g/mol. The number of hydrogen-bond donors (Lipinski definition) is 1. The van der Waals surface area contributed by atoms with Gasteiger partial charge in [-0.05, 0) is 67.6 Å². The average Bonchev–Trinajstić information content (AvgIpc) is 3.49. The topological polar surface area (TPSA) is 71.0 Å². The quantitative estimate of drug-likeness (QED) is 0.505. The van der Waals surface area contributed by atoms with Crippen LogP contribution in [0.3, 0.4) is 0 Å². The number of nitrogens with zero attached hydrogens (tertiary/aromatic N) is 3. The van der Waals surface area contributed by atoms with Crippen molar-refractivity contribution in [2.24, 2.45) is 5.92 Å². The fourth-order valence-corrected chi connectivity index (χ4v) is 6.54. The molecule has 2 atom stereocenters. The zero-order valence-corrected chi connectivity index (χ0v) is 18.5. The minimum absolute atomic E-state index is 0.00923. The van der Waals surface area contributed by atoms with Crippen molar-refractivity contribution < 1.29 is 8.42 Å². The average molecular weight is 435 g/mol. The van der Waals surface area contributed by atoms with Gasteiger partial charge in [-0.1, -0.05) is 18.2 Å². The highest BCUT2D eigenvalue weighted by atomic mass is 32.2. The summed E-state index contributed by atoms with van der Waals surface area (Å²) in [7, 11) is -3.48. The van der Waals surface area contributed by atoms with Crippen molar-refractivity contribution in [3.8, 4) is 11.1 Å². The number of aryl methyl sites for hydroxylation is 1. The van der Waals surface area contributed by atoms with Crippen LogP contribution in [0.1, 0.15) is 18.9 Å². The van der Waals surface area contributed by atoms with Gasteiger partial charge in [-0.15, -0.1) is 0 Å². The number of benzene rings is 2. The van der Waals surface area contributed by atoms with Crippen LogP contribution in [0.5, 0.6) is 0 Å². The summed E-state index contributed by atoms with van der Waals surface area (Å²) in [4.78, 5) is 0.387. The lowest BCUT2D eigenvalue weighted by Crippen LogP contribution is -2.34. The Morgan fingerprint density at radius 1 is 1.13 bits per heavy atom. The van der Waals surface area contributed by atoms with E-state index in [4.69, 9.17) is 0 Å². The van der Waals surface area contributed by atoms with Gasteiger partial charge in [-0.25, -0.2) is 8.42 Å². The first kappa shape index (κ1) is 20.0. The Kier molecular flexibility index (Phi) is 4.95. The molecule has 1 aliphatic rings. The summed E-state index contributed by atoms with van der Waals surface area (Å²) in [6.07, 6.45) is 6.67. The lowest BCUT2D eigenvalue weighted by Gasteiger charge is -2.21. The fraction of sp³-hybridized carbons (Fsp3) is 0.292. The van der Waals surface area contributed by atoms with Crippen molar-refractivity contribution in [3.05, 3.63) is 72.7 Å². The molecule has 1 aliphatic heterocycles. The molecule has 4 aromatic rings. The van der Waals surface area contributed by atoms with Crippen molar-refractivity contribution >= 4 is 20.9 Å². The number of fused-ring (bicyclic) bond motifs is 1. The number of aromatic nitrogens is 3. The summed E-state index contributed by atoms with van der Waals surface area (Å²) >= 11 is 0. The van der Waals surface area contributed by atoms with E-state index in [1.54, 1.807) is 16.4 Å². The van der Waals surface area contributed by atoms with Gasteiger partial charge in [0, 0.05) is 48.0 Å². The number of sulfonamides is 1. The third-order valence-corrected chi connectivity index (χ3v) is 8.23. The van der Waals surface area contributed by atoms with Crippen LogP contribution in [0.2, 0.25) is 0 Å². The Hall–Kier alpha value is -2.90. The van der Waals surface area contributed by atoms with E-state index in [0.717, 1.165) is 29.7 Å². The molecule has 2 aromatic carbocycles. The number of nitrogens with one attached hydrogen (secondary N) is 1. The van der Waals surface area contributed by atoms with Crippen LogP contribution in [0.4, 0.5) is 0 Å². The van der Waals surface area contributed by atoms with Crippen molar-refractivity contribution in [2.45, 2.75) is 37.8 Å². The number of aromatic amines is 1. The van der Waals surface area contributed by atoms with Crippen LogP contribution in [0, 0.1) is 12.8 Å². The minimum Gasteiger partial charge on any atom is -0.347 e. The van der Waals surface area contributed by atoms with Gasteiger partial charge in [-0.2, -0.15) is 9.40 Å². The van der Waals surface area contributed by atoms with E-state index >= 15 is 0 Å². The Balaban J connectivity index is 1.36. The Morgan fingerprint density at radius 2 is 2.00 bits per heavy atom. The summed E-state index contributed by atoms with van der Waals surface area (Å²) in [5.74, 6) is 0.277. The molecule has 0 spiro atoms. The maximum Gasteiger partial charge on any atom is 0.243 e. The molecule has 1 unspecified atom stereocenters. The Morgan fingerprint density at radius 3 is 2.77 bits per heavy atom. The molecule has 0 aliphatic carbocycles. The normalized spacial score (nSPS) is 19.9. The molecule has 0 saturated carbocycles. The maximum atomic E-state index is 13.2. The molecule has 0 bridgehead atoms. The number of rotatable bonds is 5. The molecule has 31 heavy (non-hydrogen) atoms. The summed E-state index contributed by atoms with van der Waals surface area (Å²) < 4.78 is 30.4. The predicted octanol–water partition coefficient (Wildman–Crippen LogP) is 4.44. The highest BCUT2D eigenvalue weighted by Crippen LogP contribution is 2.32. The van der Waals surface area contributed by atoms with Crippen molar-refractivity contribution in [1.29, 1.82) is 0 Å². The summed E-state index contributed by atoms with van der Waals surface area (Å²) in [6.45, 7) is 5.28. The van der Waals surface area contributed by atoms with Gasteiger partial charge in [0.2, 0.25) is 10.0 Å². The van der Waals surface area contributed by atoms with E-state index in [1.165, 1.54) is 10.9 Å². The Bertz CT molecular complexity index is 1320. The van der Waals surface area contributed by atoms with Crippen LogP contribution in [0.15, 0.2) is 72.0 Å². The SMILES string of the molecule is Cc1cccc(S(=O)(=O)N2CC(Cn3ccc4cc(-c5cn[nH]c5)ccc43)C[C@@H]2C)c1. The third kappa shape index (κ3) is 3.68. The summed E-state index contributed by atoms with van der Waals surface area (Å²) in [6, 6.07) is 15.7. The zero-order valence-electron chi connectivity index (χ0n) is 17.7. The molecule has 7 heteroatoms. The predicted molar refractivity (Wildman–Crippen MR) is 122 cm³/mol.